The van der Waals surface area contributed by atoms with E-state index in [9.17, 15) is 4.79 Å². The fourth-order valence-corrected chi connectivity index (χ4v) is 2.75. The molecule has 1 amide bonds. The van der Waals surface area contributed by atoms with Crippen molar-refractivity contribution in [3.8, 4) is 0 Å². The summed E-state index contributed by atoms with van der Waals surface area (Å²) in [7, 11) is 0. The van der Waals surface area contributed by atoms with Crippen molar-refractivity contribution in [3.05, 3.63) is 48.0 Å². The second-order valence-electron chi connectivity index (χ2n) is 5.32. The summed E-state index contributed by atoms with van der Waals surface area (Å²) in [5.74, 6) is 0. The van der Waals surface area contributed by atoms with Crippen LogP contribution in [-0.2, 0) is 11.3 Å². The lowest BCUT2D eigenvalue weighted by Crippen LogP contribution is -2.48. The van der Waals surface area contributed by atoms with E-state index >= 15 is 0 Å². The molecule has 1 aliphatic heterocycles. The van der Waals surface area contributed by atoms with Crippen molar-refractivity contribution in [2.24, 2.45) is 0 Å². The van der Waals surface area contributed by atoms with Crippen LogP contribution in [-0.4, -0.2) is 23.1 Å². The van der Waals surface area contributed by atoms with Crippen molar-refractivity contribution in [1.29, 1.82) is 0 Å². The molecule has 0 bridgehead atoms. The summed E-state index contributed by atoms with van der Waals surface area (Å²) in [6.45, 7) is 4.43. The van der Waals surface area contributed by atoms with E-state index in [2.05, 4.69) is 13.0 Å². The van der Waals surface area contributed by atoms with E-state index in [1.165, 1.54) is 6.42 Å². The Balaban J connectivity index is 1.98. The molecule has 108 valence electrons. The van der Waals surface area contributed by atoms with Crippen LogP contribution in [0.4, 0.5) is 4.79 Å². The maximum absolute atomic E-state index is 12.3. The van der Waals surface area contributed by atoms with Gasteiger partial charge >= 0.3 is 6.09 Å². The monoisotopic (exact) mass is 273 g/mol. The molecule has 0 saturated carbocycles. The molecule has 0 aromatic heterocycles. The van der Waals surface area contributed by atoms with E-state index in [-0.39, 0.29) is 18.2 Å². The number of carbonyl (C=O) groups excluding carboxylic acids is 1. The largest absolute Gasteiger partial charge is 0.445 e. The molecule has 1 saturated heterocycles. The van der Waals surface area contributed by atoms with E-state index in [1.54, 1.807) is 0 Å². The lowest BCUT2D eigenvalue weighted by atomic mass is 9.97. The number of nitrogens with zero attached hydrogens (tertiary/aromatic N) is 1. The molecule has 1 aliphatic rings. The minimum absolute atomic E-state index is 0.173. The Morgan fingerprint density at radius 1 is 1.35 bits per heavy atom. The number of piperidine rings is 1. The van der Waals surface area contributed by atoms with Crippen molar-refractivity contribution in [2.45, 2.75) is 51.8 Å². The van der Waals surface area contributed by atoms with Gasteiger partial charge in [-0.2, -0.15) is 0 Å². The molecule has 0 unspecified atom stereocenters. The lowest BCUT2D eigenvalue weighted by Gasteiger charge is -2.38. The predicted molar refractivity (Wildman–Crippen MR) is 80.4 cm³/mol. The molecular weight excluding hydrogens is 250 g/mol. The van der Waals surface area contributed by atoms with Gasteiger partial charge < -0.3 is 4.74 Å². The highest BCUT2D eigenvalue weighted by Gasteiger charge is 2.31. The Bertz CT molecular complexity index is 455. The Hall–Kier alpha value is -1.77. The highest BCUT2D eigenvalue weighted by atomic mass is 16.6. The van der Waals surface area contributed by atoms with Crippen LogP contribution < -0.4 is 0 Å². The average Bonchev–Trinajstić information content (AvgIpc) is 2.46. The summed E-state index contributed by atoms with van der Waals surface area (Å²) < 4.78 is 5.47. The molecule has 3 nitrogen and oxygen atoms in total. The van der Waals surface area contributed by atoms with Gasteiger partial charge in [0.1, 0.15) is 6.61 Å². The van der Waals surface area contributed by atoms with Crippen LogP contribution in [0.3, 0.4) is 0 Å². The van der Waals surface area contributed by atoms with E-state index < -0.39 is 0 Å². The molecule has 20 heavy (non-hydrogen) atoms. The topological polar surface area (TPSA) is 29.5 Å². The molecule has 1 heterocycles. The zero-order valence-electron chi connectivity index (χ0n) is 12.3. The van der Waals surface area contributed by atoms with E-state index in [4.69, 9.17) is 4.74 Å². The number of amides is 1. The average molecular weight is 273 g/mol. The molecule has 3 heteroatoms. The predicted octanol–water partition coefficient (Wildman–Crippen LogP) is 4.14. The van der Waals surface area contributed by atoms with Crippen LogP contribution in [0.5, 0.6) is 0 Å². The lowest BCUT2D eigenvalue weighted by molar-refractivity contribution is 0.0574. The number of allylic oxidation sites excluding steroid dienone is 1. The first kappa shape index (κ1) is 14.6. The van der Waals surface area contributed by atoms with Crippen molar-refractivity contribution in [3.63, 3.8) is 0 Å². The van der Waals surface area contributed by atoms with E-state index in [0.29, 0.717) is 6.61 Å². The van der Waals surface area contributed by atoms with Crippen LogP contribution in [0.15, 0.2) is 42.5 Å². The minimum Gasteiger partial charge on any atom is -0.445 e. The molecule has 0 aliphatic carbocycles. The molecule has 2 rings (SSSR count). The second kappa shape index (κ2) is 7.13. The zero-order chi connectivity index (χ0) is 14.4. The highest BCUT2D eigenvalue weighted by Crippen LogP contribution is 2.24. The summed E-state index contributed by atoms with van der Waals surface area (Å²) >= 11 is 0. The molecular formula is C17H23NO2. The first-order valence-electron chi connectivity index (χ1n) is 7.34. The Morgan fingerprint density at radius 3 is 2.80 bits per heavy atom. The summed E-state index contributed by atoms with van der Waals surface area (Å²) in [5.41, 5.74) is 1.02. The highest BCUT2D eigenvalue weighted by molar-refractivity contribution is 5.69. The van der Waals surface area contributed by atoms with Crippen molar-refractivity contribution < 1.29 is 9.53 Å². The third-order valence-electron chi connectivity index (χ3n) is 3.78. The minimum atomic E-state index is -0.204. The van der Waals surface area contributed by atoms with Gasteiger partial charge in [-0.3, -0.25) is 4.90 Å². The quantitative estimate of drug-likeness (QED) is 0.774. The Morgan fingerprint density at radius 2 is 2.10 bits per heavy atom. The molecule has 0 radical (unpaired) electrons. The fourth-order valence-electron chi connectivity index (χ4n) is 2.75. The Labute approximate surface area is 121 Å². The number of rotatable bonds is 3. The van der Waals surface area contributed by atoms with Gasteiger partial charge in [-0.05, 0) is 38.7 Å². The maximum Gasteiger partial charge on any atom is 0.410 e. The van der Waals surface area contributed by atoms with Gasteiger partial charge in [-0.15, -0.1) is 0 Å². The zero-order valence-corrected chi connectivity index (χ0v) is 12.3. The van der Waals surface area contributed by atoms with Crippen LogP contribution in [0.2, 0.25) is 0 Å². The van der Waals surface area contributed by atoms with Gasteiger partial charge in [0.25, 0.3) is 0 Å². The maximum atomic E-state index is 12.3. The normalized spacial score (nSPS) is 23.0. The third-order valence-corrected chi connectivity index (χ3v) is 3.78. The number of benzene rings is 1. The van der Waals surface area contributed by atoms with Gasteiger partial charge in [0, 0.05) is 6.04 Å². The first-order chi connectivity index (χ1) is 9.72. The summed E-state index contributed by atoms with van der Waals surface area (Å²) in [4.78, 5) is 14.2. The van der Waals surface area contributed by atoms with Crippen molar-refractivity contribution in [2.75, 3.05) is 0 Å². The van der Waals surface area contributed by atoms with E-state index in [0.717, 1.165) is 18.4 Å². The third kappa shape index (κ3) is 3.62. The first-order valence-corrected chi connectivity index (χ1v) is 7.34. The molecule has 2 atom stereocenters. The molecule has 0 N–H and O–H groups in total. The van der Waals surface area contributed by atoms with Crippen LogP contribution in [0.25, 0.3) is 0 Å². The summed E-state index contributed by atoms with van der Waals surface area (Å²) in [6.07, 6.45) is 7.14. The standard InChI is InChI=1S/C17H23NO2/c1-3-8-16-12-7-9-14(2)18(16)17(19)20-13-15-10-5-4-6-11-15/h3-6,8,10-11,14,16H,7,9,12-13H2,1-2H3/b8-3-/t14-,16+/m0/s1. The van der Waals surface area contributed by atoms with Crippen molar-refractivity contribution in [1.82, 2.24) is 4.90 Å². The van der Waals surface area contributed by atoms with Crippen molar-refractivity contribution >= 4 is 6.09 Å². The molecule has 1 aromatic rings. The SMILES string of the molecule is C/C=C\[C@@H]1CCC[C@H](C)N1C(=O)OCc1ccccc1. The summed E-state index contributed by atoms with van der Waals surface area (Å²) in [5, 5.41) is 0. The van der Waals surface area contributed by atoms with Crippen LogP contribution in [0, 0.1) is 0 Å². The number of hydrogen-bond donors (Lipinski definition) is 0. The second-order valence-corrected chi connectivity index (χ2v) is 5.32. The van der Waals surface area contributed by atoms with Crippen LogP contribution >= 0.6 is 0 Å². The number of carbonyl (C=O) groups is 1. The van der Waals surface area contributed by atoms with Gasteiger partial charge in [0.05, 0.1) is 6.04 Å². The molecule has 1 fully saturated rings. The summed E-state index contributed by atoms with van der Waals surface area (Å²) in [6, 6.07) is 10.2. The number of likely N-dealkylation sites (tertiary alicyclic amines) is 1. The van der Waals surface area contributed by atoms with Gasteiger partial charge in [-0.1, -0.05) is 42.5 Å². The Kier molecular flexibility index (Phi) is 5.22. The van der Waals surface area contributed by atoms with Crippen LogP contribution in [0.1, 0.15) is 38.7 Å². The molecule has 0 spiro atoms. The fraction of sp³-hybridized carbons (Fsp3) is 0.471. The smallest absolute Gasteiger partial charge is 0.410 e. The van der Waals surface area contributed by atoms with E-state index in [1.807, 2.05) is 48.2 Å². The number of ether oxygens (including phenoxy) is 1. The number of hydrogen-bond acceptors (Lipinski definition) is 2. The van der Waals surface area contributed by atoms with Gasteiger partial charge in [0.15, 0.2) is 0 Å². The van der Waals surface area contributed by atoms with Gasteiger partial charge in [-0.25, -0.2) is 4.79 Å². The van der Waals surface area contributed by atoms with Gasteiger partial charge in [0.2, 0.25) is 0 Å². The molecule has 1 aromatic carbocycles.